The lowest BCUT2D eigenvalue weighted by Gasteiger charge is -2.25. The Morgan fingerprint density at radius 1 is 1.10 bits per heavy atom. The minimum absolute atomic E-state index is 0.247. The molecule has 0 bridgehead atoms. The maximum Gasteiger partial charge on any atom is 0.341 e. The minimum Gasteiger partial charge on any atom is -0.493 e. The van der Waals surface area contributed by atoms with Gasteiger partial charge >= 0.3 is 5.97 Å². The number of carbonyl (C=O) groups excluding carboxylic acids is 1. The molecule has 5 rings (SSSR count). The number of carbonyl (C=O) groups is 1. The quantitative estimate of drug-likeness (QED) is 0.251. The van der Waals surface area contributed by atoms with E-state index in [1.165, 1.54) is 6.20 Å². The minimum atomic E-state index is -0.589. The van der Waals surface area contributed by atoms with Crippen LogP contribution in [0.5, 0.6) is 11.5 Å². The Hall–Kier alpha value is -3.93. The second-order valence-corrected chi connectivity index (χ2v) is 9.47. The Kier molecular flexibility index (Phi) is 8.34. The molecule has 0 unspecified atom stereocenters. The van der Waals surface area contributed by atoms with Gasteiger partial charge in [0.2, 0.25) is 0 Å². The van der Waals surface area contributed by atoms with Crippen molar-refractivity contribution < 1.29 is 28.5 Å². The summed E-state index contributed by atoms with van der Waals surface area (Å²) in [7, 11) is 4.80. The van der Waals surface area contributed by atoms with Crippen molar-refractivity contribution in [1.82, 2.24) is 24.5 Å². The number of rotatable bonds is 10. The number of hydrogen-bond acceptors (Lipinski definition) is 9. The summed E-state index contributed by atoms with van der Waals surface area (Å²) in [6, 6.07) is 11.3. The first kappa shape index (κ1) is 27.6. The third kappa shape index (κ3) is 5.27. The molecule has 3 heterocycles. The molecule has 12 heteroatoms. The molecule has 0 fully saturated rings. The maximum absolute atomic E-state index is 12.1. The van der Waals surface area contributed by atoms with Gasteiger partial charge in [-0.2, -0.15) is 5.10 Å². The molecular formula is C28H30ClN5O6. The van der Waals surface area contributed by atoms with Crippen molar-refractivity contribution in [2.24, 2.45) is 0 Å². The molecule has 1 aliphatic heterocycles. The Bertz CT molecular complexity index is 1500. The average molecular weight is 568 g/mol. The standard InChI is InChI=1S/C28H30ClN5O6/c1-5-39-28(35)17-14-30-33(15-17)12-11-23-27-32-31-24(16-36-2)34(27)21-10-9-18(29)13-20(21)25(40-23)19-7-6-8-22(37-3)26(19)38-4/h6-10,13-15,23,25H,5,11-12,16H2,1-4H3/t23-,25-/m1/s1. The topological polar surface area (TPSA) is 112 Å². The first-order valence-electron chi connectivity index (χ1n) is 12.8. The second kappa shape index (κ2) is 12.1. The summed E-state index contributed by atoms with van der Waals surface area (Å²) in [4.78, 5) is 12.1. The first-order valence-corrected chi connectivity index (χ1v) is 13.2. The van der Waals surface area contributed by atoms with Crippen molar-refractivity contribution >= 4 is 17.6 Å². The SMILES string of the molecule is CCOC(=O)c1cnn(CC[C@H]2O[C@H](c3cccc(OC)c3OC)c3cc(Cl)ccc3-n3c(COC)nnc32)c1. The molecular weight excluding hydrogens is 538 g/mol. The van der Waals surface area contributed by atoms with E-state index < -0.39 is 18.2 Å². The van der Waals surface area contributed by atoms with E-state index >= 15 is 0 Å². The number of aryl methyl sites for hydroxylation is 1. The van der Waals surface area contributed by atoms with Crippen LogP contribution in [0.15, 0.2) is 48.8 Å². The fourth-order valence-corrected chi connectivity index (χ4v) is 5.05. The number of nitrogens with zero attached hydrogens (tertiary/aromatic N) is 5. The average Bonchev–Trinajstić information content (AvgIpc) is 3.58. The van der Waals surface area contributed by atoms with Gasteiger partial charge in [0.25, 0.3) is 0 Å². The van der Waals surface area contributed by atoms with Crippen molar-refractivity contribution in [2.45, 2.75) is 38.7 Å². The van der Waals surface area contributed by atoms with E-state index in [-0.39, 0.29) is 6.61 Å². The Balaban J connectivity index is 1.59. The van der Waals surface area contributed by atoms with Crippen LogP contribution < -0.4 is 9.47 Å². The molecule has 11 nitrogen and oxygen atoms in total. The van der Waals surface area contributed by atoms with Crippen LogP contribution in [0.25, 0.3) is 5.69 Å². The van der Waals surface area contributed by atoms with Gasteiger partial charge in [-0.25, -0.2) is 4.79 Å². The van der Waals surface area contributed by atoms with Gasteiger partial charge in [0.1, 0.15) is 18.8 Å². The van der Waals surface area contributed by atoms with E-state index in [0.29, 0.717) is 53.3 Å². The zero-order valence-electron chi connectivity index (χ0n) is 22.7. The third-order valence-corrected chi connectivity index (χ3v) is 6.85. The lowest BCUT2D eigenvalue weighted by molar-refractivity contribution is -0.00441. The molecule has 0 spiro atoms. The fourth-order valence-electron chi connectivity index (χ4n) is 4.87. The van der Waals surface area contributed by atoms with Crippen LogP contribution in [-0.2, 0) is 27.4 Å². The Morgan fingerprint density at radius 3 is 2.70 bits per heavy atom. The fraction of sp³-hybridized carbons (Fsp3) is 0.357. The smallest absolute Gasteiger partial charge is 0.341 e. The van der Waals surface area contributed by atoms with Crippen LogP contribution >= 0.6 is 11.6 Å². The predicted molar refractivity (Wildman–Crippen MR) is 145 cm³/mol. The van der Waals surface area contributed by atoms with Gasteiger partial charge in [0.05, 0.1) is 38.3 Å². The Labute approximate surface area is 236 Å². The molecule has 2 atom stereocenters. The summed E-state index contributed by atoms with van der Waals surface area (Å²) in [5.74, 6) is 1.95. The predicted octanol–water partition coefficient (Wildman–Crippen LogP) is 4.71. The van der Waals surface area contributed by atoms with E-state index in [9.17, 15) is 4.79 Å². The van der Waals surface area contributed by atoms with Gasteiger partial charge in [0, 0.05) is 42.4 Å². The maximum atomic E-state index is 12.1. The number of ether oxygens (including phenoxy) is 5. The summed E-state index contributed by atoms with van der Waals surface area (Å²) in [6.07, 6.45) is 2.51. The highest BCUT2D eigenvalue weighted by Crippen LogP contribution is 2.46. The van der Waals surface area contributed by atoms with E-state index in [4.69, 9.17) is 35.3 Å². The van der Waals surface area contributed by atoms with Crippen molar-refractivity contribution in [3.05, 3.63) is 82.2 Å². The molecule has 40 heavy (non-hydrogen) atoms. The van der Waals surface area contributed by atoms with Gasteiger partial charge in [-0.05, 0) is 31.2 Å². The van der Waals surface area contributed by atoms with Gasteiger partial charge < -0.3 is 23.7 Å². The van der Waals surface area contributed by atoms with Gasteiger partial charge in [-0.15, -0.1) is 10.2 Å². The third-order valence-electron chi connectivity index (χ3n) is 6.61. The molecule has 0 radical (unpaired) electrons. The summed E-state index contributed by atoms with van der Waals surface area (Å²) in [6.45, 7) is 2.74. The molecule has 2 aromatic heterocycles. The highest BCUT2D eigenvalue weighted by atomic mass is 35.5. The second-order valence-electron chi connectivity index (χ2n) is 9.03. The number of benzene rings is 2. The highest BCUT2D eigenvalue weighted by molar-refractivity contribution is 6.30. The molecule has 0 N–H and O–H groups in total. The first-order chi connectivity index (χ1) is 19.5. The Morgan fingerprint density at radius 2 is 1.95 bits per heavy atom. The van der Waals surface area contributed by atoms with E-state index in [2.05, 4.69) is 15.3 Å². The molecule has 2 aromatic carbocycles. The number of aromatic nitrogens is 5. The summed E-state index contributed by atoms with van der Waals surface area (Å²) < 4.78 is 32.4. The van der Waals surface area contributed by atoms with Crippen LogP contribution in [0.2, 0.25) is 5.02 Å². The number of fused-ring (bicyclic) bond motifs is 3. The summed E-state index contributed by atoms with van der Waals surface area (Å²) >= 11 is 6.52. The molecule has 1 aliphatic rings. The number of hydrogen-bond donors (Lipinski definition) is 0. The number of esters is 1. The number of methoxy groups -OCH3 is 3. The van der Waals surface area contributed by atoms with Crippen molar-refractivity contribution in [1.29, 1.82) is 0 Å². The molecule has 0 saturated carbocycles. The van der Waals surface area contributed by atoms with E-state index in [1.54, 1.807) is 39.1 Å². The molecule has 4 aromatic rings. The van der Waals surface area contributed by atoms with Crippen molar-refractivity contribution in [3.63, 3.8) is 0 Å². The van der Waals surface area contributed by atoms with Crippen LogP contribution in [0.4, 0.5) is 0 Å². The number of halogens is 1. The lowest BCUT2D eigenvalue weighted by atomic mass is 9.98. The normalized spacial score (nSPS) is 16.1. The summed E-state index contributed by atoms with van der Waals surface area (Å²) in [5.41, 5.74) is 2.78. The van der Waals surface area contributed by atoms with Crippen LogP contribution in [-0.4, -0.2) is 58.5 Å². The van der Waals surface area contributed by atoms with Crippen LogP contribution in [0, 0.1) is 0 Å². The van der Waals surface area contributed by atoms with Crippen molar-refractivity contribution in [2.75, 3.05) is 27.9 Å². The zero-order chi connectivity index (χ0) is 28.2. The van der Waals surface area contributed by atoms with Crippen LogP contribution in [0.1, 0.15) is 58.7 Å². The molecule has 0 aliphatic carbocycles. The molecule has 210 valence electrons. The lowest BCUT2D eigenvalue weighted by Crippen LogP contribution is -2.15. The van der Waals surface area contributed by atoms with Crippen molar-refractivity contribution in [3.8, 4) is 17.2 Å². The van der Waals surface area contributed by atoms with Crippen LogP contribution in [0.3, 0.4) is 0 Å². The van der Waals surface area contributed by atoms with Gasteiger partial charge in [-0.3, -0.25) is 9.25 Å². The largest absolute Gasteiger partial charge is 0.493 e. The summed E-state index contributed by atoms with van der Waals surface area (Å²) in [5, 5.41) is 13.8. The zero-order valence-corrected chi connectivity index (χ0v) is 23.4. The highest BCUT2D eigenvalue weighted by Gasteiger charge is 2.35. The van der Waals surface area contributed by atoms with Gasteiger partial charge in [0.15, 0.2) is 23.1 Å². The van der Waals surface area contributed by atoms with E-state index in [0.717, 1.165) is 16.8 Å². The molecule has 0 amide bonds. The monoisotopic (exact) mass is 567 g/mol. The number of para-hydroxylation sites is 1. The molecule has 0 saturated heterocycles. The van der Waals surface area contributed by atoms with Gasteiger partial charge in [-0.1, -0.05) is 23.7 Å². The van der Waals surface area contributed by atoms with E-state index in [1.807, 2.05) is 41.0 Å².